The van der Waals surface area contributed by atoms with Crippen LogP contribution in [0.1, 0.15) is 37.3 Å². The maximum atomic E-state index is 16.5. The molecule has 5 aliphatic rings. The average molecular weight is 736 g/mol. The lowest BCUT2D eigenvalue weighted by molar-refractivity contribution is -0.150. The molecule has 13 nitrogen and oxygen atoms in total. The number of ether oxygens (including phenoxy) is 1. The van der Waals surface area contributed by atoms with Crippen LogP contribution in [0, 0.1) is 17.6 Å². The second kappa shape index (κ2) is 13.2. The Morgan fingerprint density at radius 3 is 2.52 bits per heavy atom. The normalized spacial score (nSPS) is 24.4. The summed E-state index contributed by atoms with van der Waals surface area (Å²) in [6.45, 7) is 1.47. The fourth-order valence-electron chi connectivity index (χ4n) is 8.21. The Morgan fingerprint density at radius 1 is 1.04 bits per heavy atom. The molecule has 4 fully saturated rings. The predicted molar refractivity (Wildman–Crippen MR) is 185 cm³/mol. The van der Waals surface area contributed by atoms with Gasteiger partial charge >= 0.3 is 12.1 Å². The van der Waals surface area contributed by atoms with Gasteiger partial charge in [-0.2, -0.15) is 0 Å². The van der Waals surface area contributed by atoms with Crippen LogP contribution in [0.15, 0.2) is 58.7 Å². The lowest BCUT2D eigenvalue weighted by Crippen LogP contribution is -2.70. The number of carboxylic acid groups (broad SMARTS) is 2. The molecular formula is C36H35F2N5O8S. The van der Waals surface area contributed by atoms with Gasteiger partial charge in [-0.05, 0) is 55.3 Å². The molecule has 2 amide bonds. The second-order valence-corrected chi connectivity index (χ2v) is 15.1. The molecule has 1 aromatic heterocycles. The second-order valence-electron chi connectivity index (χ2n) is 14.0. The van der Waals surface area contributed by atoms with E-state index in [0.717, 1.165) is 24.5 Å². The zero-order chi connectivity index (χ0) is 36.4. The van der Waals surface area contributed by atoms with Crippen LogP contribution in [0.3, 0.4) is 0 Å². The number of benzene rings is 2. The van der Waals surface area contributed by atoms with E-state index in [1.54, 1.807) is 4.90 Å². The van der Waals surface area contributed by atoms with Crippen molar-refractivity contribution in [3.05, 3.63) is 81.3 Å². The summed E-state index contributed by atoms with van der Waals surface area (Å²) in [5.74, 6) is -4.06. The molecule has 3 saturated heterocycles. The van der Waals surface area contributed by atoms with Gasteiger partial charge in [-0.1, -0.05) is 30.3 Å². The average Bonchev–Trinajstić information content (AvgIpc) is 3.87. The third-order valence-electron chi connectivity index (χ3n) is 10.7. The van der Waals surface area contributed by atoms with Gasteiger partial charge in [-0.3, -0.25) is 24.2 Å². The molecule has 0 spiro atoms. The Bertz CT molecular complexity index is 2110. The van der Waals surface area contributed by atoms with E-state index in [2.05, 4.69) is 15.0 Å². The topological polar surface area (TPSA) is 162 Å². The van der Waals surface area contributed by atoms with E-state index < -0.39 is 52.3 Å². The molecule has 0 bridgehead atoms. The number of halogens is 2. The third kappa shape index (κ3) is 5.96. The maximum absolute atomic E-state index is 16.5. The van der Waals surface area contributed by atoms with Gasteiger partial charge in [0.2, 0.25) is 11.3 Å². The first-order valence-corrected chi connectivity index (χ1v) is 18.2. The minimum absolute atomic E-state index is 0.0212. The number of thioether (sulfide) groups is 1. The lowest BCUT2D eigenvalue weighted by atomic mass is 9.91. The van der Waals surface area contributed by atoms with Crippen LogP contribution in [-0.2, 0) is 20.8 Å². The van der Waals surface area contributed by atoms with E-state index in [1.165, 1.54) is 27.4 Å². The van der Waals surface area contributed by atoms with Crippen LogP contribution >= 0.6 is 11.8 Å². The van der Waals surface area contributed by atoms with E-state index in [9.17, 15) is 29.1 Å². The molecule has 3 N–H and O–H groups in total. The number of carbonyl (C=O) groups excluding carboxylic acids is 2. The Morgan fingerprint density at radius 2 is 1.81 bits per heavy atom. The number of rotatable bonds is 9. The summed E-state index contributed by atoms with van der Waals surface area (Å²) in [4.78, 5) is 67.9. The van der Waals surface area contributed by atoms with Crippen molar-refractivity contribution in [1.82, 2.24) is 19.7 Å². The monoisotopic (exact) mass is 735 g/mol. The first-order chi connectivity index (χ1) is 25.0. The number of hydrogen-bond acceptors (Lipinski definition) is 9. The quantitative estimate of drug-likeness (QED) is 0.218. The summed E-state index contributed by atoms with van der Waals surface area (Å²) in [6.07, 6.45) is 2.51. The maximum Gasteiger partial charge on any atom is 0.511 e. The summed E-state index contributed by atoms with van der Waals surface area (Å²) < 4.78 is 38.4. The van der Waals surface area contributed by atoms with Crippen molar-refractivity contribution in [1.29, 1.82) is 0 Å². The summed E-state index contributed by atoms with van der Waals surface area (Å²) in [5, 5.41) is 21.3. The van der Waals surface area contributed by atoms with Crippen molar-refractivity contribution in [3.8, 4) is 5.75 Å². The van der Waals surface area contributed by atoms with Crippen molar-refractivity contribution >= 4 is 52.3 Å². The van der Waals surface area contributed by atoms with Crippen molar-refractivity contribution in [3.63, 3.8) is 0 Å². The standard InChI is InChI=1S/C36H35F2N5O8S/c37-23-12-22-30(42(21-8-9-21)16-25(32(22)45)51-36(49)50)27(38)31(23)41-13-19-7-4-10-40(24(19)15-41)14-20-17-52-34-28(33(46)43(34)29(20)35(47)48)39-26(44)11-18-5-2-1-3-6-18/h1-3,5-6,12,16,19,21,24,28,34H,4,7-11,13-15,17H2,(H,39,44)(H,47,48)(H,49,50)/t19-,24+,28+,34+/m0/s1. The number of β-lactam (4-membered cyclic amide) rings is 1. The number of carboxylic acids is 1. The van der Waals surface area contributed by atoms with Gasteiger partial charge < -0.3 is 29.7 Å². The van der Waals surface area contributed by atoms with Gasteiger partial charge in [-0.15, -0.1) is 11.8 Å². The van der Waals surface area contributed by atoms with E-state index in [-0.39, 0.29) is 65.7 Å². The molecule has 0 unspecified atom stereocenters. The van der Waals surface area contributed by atoms with E-state index in [0.29, 0.717) is 37.3 Å². The first kappa shape index (κ1) is 34.1. The third-order valence-corrected chi connectivity index (χ3v) is 12.0. The van der Waals surface area contributed by atoms with Gasteiger partial charge in [0.25, 0.3) is 5.91 Å². The molecule has 52 heavy (non-hydrogen) atoms. The highest BCUT2D eigenvalue weighted by molar-refractivity contribution is 8.00. The van der Waals surface area contributed by atoms with Gasteiger partial charge in [0.1, 0.15) is 28.6 Å². The molecule has 272 valence electrons. The number of nitrogens with zero attached hydrogens (tertiary/aromatic N) is 4. The smallest absolute Gasteiger partial charge is 0.477 e. The van der Waals surface area contributed by atoms with Gasteiger partial charge in [-0.25, -0.2) is 18.4 Å². The molecule has 4 aliphatic heterocycles. The number of pyridine rings is 1. The Kier molecular flexibility index (Phi) is 8.68. The van der Waals surface area contributed by atoms with Crippen molar-refractivity contribution in [2.45, 2.75) is 55.6 Å². The highest BCUT2D eigenvalue weighted by atomic mass is 32.2. The molecular weight excluding hydrogens is 700 g/mol. The van der Waals surface area contributed by atoms with Gasteiger partial charge in [0.05, 0.1) is 23.5 Å². The molecule has 5 heterocycles. The number of nitrogens with one attached hydrogen (secondary N) is 1. The number of aromatic nitrogens is 1. The van der Waals surface area contributed by atoms with Crippen LogP contribution in [0.4, 0.5) is 19.3 Å². The zero-order valence-corrected chi connectivity index (χ0v) is 28.6. The summed E-state index contributed by atoms with van der Waals surface area (Å²) >= 11 is 1.40. The Hall–Kier alpha value is -4.96. The zero-order valence-electron chi connectivity index (χ0n) is 27.8. The largest absolute Gasteiger partial charge is 0.511 e. The summed E-state index contributed by atoms with van der Waals surface area (Å²) in [6, 6.07) is 8.87. The van der Waals surface area contributed by atoms with Crippen LogP contribution in [-0.4, -0.2) is 97.9 Å². The summed E-state index contributed by atoms with van der Waals surface area (Å²) in [5.41, 5.74) is -0.0226. The fraction of sp³-hybridized carbons (Fsp3) is 0.417. The molecule has 16 heteroatoms. The fourth-order valence-corrected chi connectivity index (χ4v) is 9.55. The number of amides is 2. The van der Waals surface area contributed by atoms with Crippen LogP contribution in [0.2, 0.25) is 0 Å². The number of carbonyl (C=O) groups is 4. The first-order valence-electron chi connectivity index (χ1n) is 17.2. The molecule has 2 aromatic carbocycles. The van der Waals surface area contributed by atoms with Crippen LogP contribution in [0.5, 0.6) is 5.75 Å². The lowest BCUT2D eigenvalue weighted by Gasteiger charge is -2.50. The molecule has 4 atom stereocenters. The Labute approximate surface area is 299 Å². The number of fused-ring (bicyclic) bond motifs is 3. The molecule has 3 aromatic rings. The van der Waals surface area contributed by atoms with Crippen LogP contribution in [0.25, 0.3) is 10.9 Å². The van der Waals surface area contributed by atoms with E-state index in [4.69, 9.17) is 5.11 Å². The number of piperidine rings is 1. The van der Waals surface area contributed by atoms with Crippen molar-refractivity contribution in [2.24, 2.45) is 5.92 Å². The minimum Gasteiger partial charge on any atom is -0.477 e. The molecule has 0 radical (unpaired) electrons. The van der Waals surface area contributed by atoms with Crippen molar-refractivity contribution in [2.75, 3.05) is 36.8 Å². The Balaban J connectivity index is 1.02. The highest BCUT2D eigenvalue weighted by Gasteiger charge is 2.54. The highest BCUT2D eigenvalue weighted by Crippen LogP contribution is 2.44. The summed E-state index contributed by atoms with van der Waals surface area (Å²) in [7, 11) is 0. The predicted octanol–water partition coefficient (Wildman–Crippen LogP) is 3.55. The number of hydrogen-bond donors (Lipinski definition) is 3. The minimum atomic E-state index is -1.71. The number of likely N-dealkylation sites (tertiary alicyclic amines) is 1. The van der Waals surface area contributed by atoms with Gasteiger partial charge in [0.15, 0.2) is 11.6 Å². The number of aliphatic carboxylic acids is 1. The molecule has 1 saturated carbocycles. The SMILES string of the molecule is O=C(Cc1ccccc1)N[C@@H]1C(=O)N2C(C(=O)O)=C(CN3CCC[C@H]4CN(c5c(F)cc6c(=O)c(OC(=O)O)cn(C7CC7)c6c5F)C[C@H]43)CS[C@H]12. The van der Waals surface area contributed by atoms with Gasteiger partial charge in [0, 0.05) is 37.5 Å². The molecule has 8 rings (SSSR count). The van der Waals surface area contributed by atoms with Crippen LogP contribution < -0.4 is 20.4 Å². The number of anilines is 1. The van der Waals surface area contributed by atoms with Crippen molar-refractivity contribution < 1.29 is 42.9 Å². The van der Waals surface area contributed by atoms with E-state index in [1.807, 2.05) is 30.3 Å². The molecule has 1 aliphatic carbocycles. The van der Waals surface area contributed by atoms with E-state index >= 15 is 8.78 Å².